The summed E-state index contributed by atoms with van der Waals surface area (Å²) < 4.78 is 5.41. The van der Waals surface area contributed by atoms with Gasteiger partial charge in [0.2, 0.25) is 17.4 Å². The zero-order chi connectivity index (χ0) is 47.4. The Bertz CT molecular complexity index is 3950. The summed E-state index contributed by atoms with van der Waals surface area (Å²) in [5.41, 5.74) is 19.3. The van der Waals surface area contributed by atoms with Crippen LogP contribution < -0.4 is 9.13 Å². The number of hydrogen-bond acceptors (Lipinski definition) is 0. The first-order valence-electron chi connectivity index (χ1n) is 25.9. The van der Waals surface area contributed by atoms with Crippen LogP contribution in [0.5, 0.6) is 0 Å². The highest BCUT2D eigenvalue weighted by molar-refractivity contribution is 6.00. The molecule has 1 aliphatic carbocycles. The number of pyridine rings is 2. The molecule has 9 aromatic carbocycles. The van der Waals surface area contributed by atoms with Crippen molar-refractivity contribution < 1.29 is 9.13 Å². The Kier molecular flexibility index (Phi) is 9.49. The highest BCUT2D eigenvalue weighted by atomic mass is 15.2. The Hall–Kier alpha value is -7.94. The lowest BCUT2D eigenvalue weighted by Gasteiger charge is -2.28. The molecular weight excluding hydrogens is 857 g/mol. The number of fused-ring (bicyclic) bond motifs is 14. The van der Waals surface area contributed by atoms with Crippen molar-refractivity contribution in [1.29, 1.82) is 0 Å². The lowest BCUT2D eigenvalue weighted by Crippen LogP contribution is -2.51. The molecular formula is C69H56N2+2. The molecule has 1 fully saturated rings. The summed E-state index contributed by atoms with van der Waals surface area (Å²) in [6, 6.07) is 80.8. The molecule has 4 unspecified atom stereocenters. The van der Waals surface area contributed by atoms with Gasteiger partial charge in [0.25, 0.3) is 0 Å². The van der Waals surface area contributed by atoms with Gasteiger partial charge in [0.1, 0.15) is 5.41 Å². The van der Waals surface area contributed by atoms with Gasteiger partial charge in [-0.15, -0.1) is 0 Å². The van der Waals surface area contributed by atoms with Gasteiger partial charge in [-0.1, -0.05) is 179 Å². The van der Waals surface area contributed by atoms with Crippen LogP contribution in [0.15, 0.2) is 225 Å². The van der Waals surface area contributed by atoms with Gasteiger partial charge in [0, 0.05) is 17.7 Å². The minimum atomic E-state index is -0.191. The van der Waals surface area contributed by atoms with Crippen molar-refractivity contribution in [1.82, 2.24) is 0 Å². The van der Waals surface area contributed by atoms with Gasteiger partial charge >= 0.3 is 0 Å². The molecule has 0 radical (unpaired) electrons. The quantitative estimate of drug-likeness (QED) is 0.128. The van der Waals surface area contributed by atoms with Crippen molar-refractivity contribution in [3.63, 3.8) is 0 Å². The van der Waals surface area contributed by atoms with E-state index < -0.39 is 0 Å². The molecule has 1 saturated carbocycles. The SMILES string of the molecule is CCCCc1cccc2c3[n+](ccc12)C1C(C)(CC)C1(C1c2ccc(-c4cccc(-c5cc(-c6ccccc6)cc(-c6cccc7ccccc67)c5)c4)cc2-c2c4ccccc4cc[n+]21)c1ccccc1-3. The smallest absolute Gasteiger partial charge is 0.193 e. The normalized spacial score (nSPS) is 19.3. The predicted molar refractivity (Wildman–Crippen MR) is 294 cm³/mol. The second-order valence-corrected chi connectivity index (χ2v) is 20.8. The molecule has 11 aromatic rings. The number of benzene rings is 9. The fourth-order valence-electron chi connectivity index (χ4n) is 13.9. The Balaban J connectivity index is 0.940. The van der Waals surface area contributed by atoms with E-state index in [9.17, 15) is 0 Å². The number of aromatic nitrogens is 2. The van der Waals surface area contributed by atoms with Gasteiger partial charge in [-0.25, -0.2) is 0 Å². The van der Waals surface area contributed by atoms with E-state index in [-0.39, 0.29) is 22.9 Å². The predicted octanol–water partition coefficient (Wildman–Crippen LogP) is 16.9. The molecule has 14 rings (SSSR count). The van der Waals surface area contributed by atoms with E-state index in [1.165, 1.54) is 129 Å². The van der Waals surface area contributed by atoms with E-state index in [0.717, 1.165) is 12.8 Å². The molecule has 2 aliphatic heterocycles. The van der Waals surface area contributed by atoms with Crippen LogP contribution in [0.2, 0.25) is 0 Å². The summed E-state index contributed by atoms with van der Waals surface area (Å²) in [4.78, 5) is 0. The third kappa shape index (κ3) is 6.07. The summed E-state index contributed by atoms with van der Waals surface area (Å²) in [5.74, 6) is 0. The maximum atomic E-state index is 2.72. The monoisotopic (exact) mass is 912 g/mol. The van der Waals surface area contributed by atoms with Crippen molar-refractivity contribution in [2.75, 3.05) is 0 Å². The number of aryl methyl sites for hydroxylation is 1. The van der Waals surface area contributed by atoms with Gasteiger partial charge in [-0.3, -0.25) is 0 Å². The zero-order valence-corrected chi connectivity index (χ0v) is 40.7. The Labute approximate surface area is 417 Å². The Morgan fingerprint density at radius 1 is 0.423 bits per heavy atom. The van der Waals surface area contributed by atoms with Crippen molar-refractivity contribution in [2.45, 2.75) is 64.0 Å². The van der Waals surface area contributed by atoms with Crippen LogP contribution in [0.3, 0.4) is 0 Å². The molecule has 2 nitrogen and oxygen atoms in total. The fourth-order valence-corrected chi connectivity index (χ4v) is 13.9. The summed E-state index contributed by atoms with van der Waals surface area (Å²) in [6.45, 7) is 7.33. The van der Waals surface area contributed by atoms with Gasteiger partial charge in [0.05, 0.1) is 27.3 Å². The Morgan fingerprint density at radius 2 is 1.01 bits per heavy atom. The van der Waals surface area contributed by atoms with Crippen LogP contribution >= 0.6 is 0 Å². The standard InChI is InChI=1S/C69H56N2/c1-4-6-19-46-25-18-32-59-57(46)37-39-71-65(59)61-30-14-15-33-63(61)69(67(71)68(69,3)5-2)66-60-35-34-51(44-62(60)64-58-29-13-11-23-48(58)36-38-70(64)66)49-26-16-27-50(40-49)53-41-52(45-20-8-7-9-21-45)42-54(43-53)56-31-17-24-47-22-10-12-28-55(47)56/h7-18,20-44,66-67H,4-6,19H2,1-3H3/q+2. The topological polar surface area (TPSA) is 7.76 Å². The van der Waals surface area contributed by atoms with E-state index in [0.29, 0.717) is 0 Å². The number of hydrogen-bond donors (Lipinski definition) is 0. The van der Waals surface area contributed by atoms with Crippen LogP contribution in [-0.2, 0) is 11.8 Å². The first-order chi connectivity index (χ1) is 35.0. The third-order valence-electron chi connectivity index (χ3n) is 17.3. The van der Waals surface area contributed by atoms with E-state index in [4.69, 9.17) is 0 Å². The van der Waals surface area contributed by atoms with Crippen molar-refractivity contribution in [3.05, 3.63) is 241 Å². The van der Waals surface area contributed by atoms with Crippen LogP contribution in [0.4, 0.5) is 0 Å². The van der Waals surface area contributed by atoms with Crippen LogP contribution in [0, 0.1) is 5.41 Å². The molecule has 340 valence electrons. The molecule has 0 amide bonds. The van der Waals surface area contributed by atoms with E-state index >= 15 is 0 Å². The van der Waals surface area contributed by atoms with Crippen molar-refractivity contribution in [2.24, 2.45) is 5.41 Å². The van der Waals surface area contributed by atoms with Gasteiger partial charge < -0.3 is 0 Å². The van der Waals surface area contributed by atoms with Crippen molar-refractivity contribution in [3.8, 4) is 67.0 Å². The summed E-state index contributed by atoms with van der Waals surface area (Å²) >= 11 is 0. The maximum absolute atomic E-state index is 2.72. The largest absolute Gasteiger partial charge is 0.221 e. The van der Waals surface area contributed by atoms with E-state index in [1.807, 2.05) is 0 Å². The van der Waals surface area contributed by atoms with E-state index in [1.54, 1.807) is 0 Å². The second kappa shape index (κ2) is 16.1. The third-order valence-corrected chi connectivity index (χ3v) is 17.3. The highest BCUT2D eigenvalue weighted by Crippen LogP contribution is 2.79. The molecule has 4 heterocycles. The molecule has 2 heteroatoms. The molecule has 3 aliphatic rings. The second-order valence-electron chi connectivity index (χ2n) is 20.8. The maximum Gasteiger partial charge on any atom is 0.221 e. The molecule has 0 N–H and O–H groups in total. The number of unbranched alkanes of at least 4 members (excludes halogenated alkanes) is 1. The lowest BCUT2D eigenvalue weighted by atomic mass is 9.73. The average molecular weight is 913 g/mol. The molecule has 4 atom stereocenters. The number of rotatable bonds is 9. The lowest BCUT2D eigenvalue weighted by molar-refractivity contribution is -0.726. The van der Waals surface area contributed by atoms with Gasteiger partial charge in [0.15, 0.2) is 18.4 Å². The molecule has 71 heavy (non-hydrogen) atoms. The van der Waals surface area contributed by atoms with Gasteiger partial charge in [-0.2, -0.15) is 9.13 Å². The van der Waals surface area contributed by atoms with Crippen LogP contribution in [0.25, 0.3) is 99.3 Å². The summed E-state index contributed by atoms with van der Waals surface area (Å²) in [6.07, 6.45) is 9.46. The Morgan fingerprint density at radius 3 is 1.85 bits per heavy atom. The van der Waals surface area contributed by atoms with Gasteiger partial charge in [-0.05, 0) is 145 Å². The minimum absolute atomic E-state index is 0.0130. The zero-order valence-electron chi connectivity index (χ0n) is 40.7. The first kappa shape index (κ1) is 42.0. The van der Waals surface area contributed by atoms with Crippen LogP contribution in [0.1, 0.15) is 68.8 Å². The van der Waals surface area contributed by atoms with Crippen molar-refractivity contribution >= 4 is 32.3 Å². The highest BCUT2D eigenvalue weighted by Gasteiger charge is 2.88. The molecule has 0 bridgehead atoms. The molecule has 0 spiro atoms. The van der Waals surface area contributed by atoms with E-state index in [2.05, 4.69) is 255 Å². The summed E-state index contributed by atoms with van der Waals surface area (Å²) in [7, 11) is 0. The minimum Gasteiger partial charge on any atom is -0.193 e. The first-order valence-corrected chi connectivity index (χ1v) is 25.9. The summed E-state index contributed by atoms with van der Waals surface area (Å²) in [5, 5.41) is 7.87. The average Bonchev–Trinajstić information content (AvgIpc) is 3.86. The molecule has 2 aromatic heterocycles. The number of nitrogens with zero attached hydrogens (tertiary/aromatic N) is 2. The molecule has 0 saturated heterocycles. The fraction of sp³-hybridized carbons (Fsp3) is 0.159. The van der Waals surface area contributed by atoms with Crippen LogP contribution in [-0.4, -0.2) is 0 Å².